The first-order chi connectivity index (χ1) is 7.56. The third-order valence-corrected chi connectivity index (χ3v) is 1.99. The van der Waals surface area contributed by atoms with Crippen LogP contribution in [0.2, 0.25) is 0 Å². The first-order valence-electron chi connectivity index (χ1n) is 4.61. The van der Waals surface area contributed by atoms with Crippen molar-refractivity contribution in [1.29, 1.82) is 5.41 Å². The van der Waals surface area contributed by atoms with Crippen molar-refractivity contribution in [3.05, 3.63) is 39.9 Å². The predicted octanol–water partition coefficient (Wildman–Crippen LogP) is 1.56. The van der Waals surface area contributed by atoms with Gasteiger partial charge in [-0.2, -0.15) is 5.10 Å². The summed E-state index contributed by atoms with van der Waals surface area (Å²) in [5.41, 5.74) is 3.66. The standard InChI is InChI=1S/C10H12N4O2/c1-7(13-12-2)10(11)8-4-3-5-9(6-8)14(15)16/h3-6,11-12H,1-2H3/b11-10?,13-7-. The van der Waals surface area contributed by atoms with Gasteiger partial charge in [0.15, 0.2) is 0 Å². The average Bonchev–Trinajstić information content (AvgIpc) is 2.28. The molecule has 0 fully saturated rings. The van der Waals surface area contributed by atoms with Gasteiger partial charge in [0.1, 0.15) is 0 Å². The van der Waals surface area contributed by atoms with Crippen LogP contribution in [0.4, 0.5) is 5.69 Å². The highest BCUT2D eigenvalue weighted by molar-refractivity contribution is 6.46. The van der Waals surface area contributed by atoms with Gasteiger partial charge in [-0.3, -0.25) is 15.5 Å². The summed E-state index contributed by atoms with van der Waals surface area (Å²) in [6.07, 6.45) is 0. The fourth-order valence-corrected chi connectivity index (χ4v) is 1.21. The zero-order chi connectivity index (χ0) is 12.1. The van der Waals surface area contributed by atoms with E-state index < -0.39 is 4.92 Å². The topological polar surface area (TPSA) is 91.4 Å². The molecule has 2 N–H and O–H groups in total. The molecule has 0 aliphatic carbocycles. The Hall–Kier alpha value is -2.24. The molecule has 0 radical (unpaired) electrons. The van der Waals surface area contributed by atoms with Crippen LogP contribution in [0.1, 0.15) is 12.5 Å². The van der Waals surface area contributed by atoms with E-state index in [0.29, 0.717) is 11.3 Å². The second kappa shape index (κ2) is 5.01. The van der Waals surface area contributed by atoms with Crippen molar-refractivity contribution in [1.82, 2.24) is 5.43 Å². The van der Waals surface area contributed by atoms with Crippen LogP contribution in [0.3, 0.4) is 0 Å². The van der Waals surface area contributed by atoms with Crippen molar-refractivity contribution in [3.63, 3.8) is 0 Å². The van der Waals surface area contributed by atoms with Crippen LogP contribution in [-0.4, -0.2) is 23.4 Å². The minimum Gasteiger partial charge on any atom is -0.313 e. The zero-order valence-electron chi connectivity index (χ0n) is 9.02. The molecule has 1 aromatic rings. The van der Waals surface area contributed by atoms with Crippen molar-refractivity contribution in [3.8, 4) is 0 Å². The normalized spacial score (nSPS) is 11.0. The molecule has 0 saturated heterocycles. The number of nitro groups is 1. The Labute approximate surface area is 92.6 Å². The van der Waals surface area contributed by atoms with E-state index in [1.807, 2.05) is 0 Å². The lowest BCUT2D eigenvalue weighted by molar-refractivity contribution is -0.384. The first-order valence-corrected chi connectivity index (χ1v) is 4.61. The summed E-state index contributed by atoms with van der Waals surface area (Å²) in [6.45, 7) is 1.66. The van der Waals surface area contributed by atoms with Gasteiger partial charge in [0.2, 0.25) is 0 Å². The first kappa shape index (κ1) is 11.8. The molecule has 84 valence electrons. The summed E-state index contributed by atoms with van der Waals surface area (Å²) in [4.78, 5) is 10.1. The molecule has 0 atom stereocenters. The third-order valence-electron chi connectivity index (χ3n) is 1.99. The second-order valence-corrected chi connectivity index (χ2v) is 3.10. The number of hydrazone groups is 1. The number of nitrogens with zero attached hydrogens (tertiary/aromatic N) is 2. The molecule has 1 aromatic carbocycles. The van der Waals surface area contributed by atoms with E-state index in [2.05, 4.69) is 10.5 Å². The van der Waals surface area contributed by atoms with Crippen LogP contribution >= 0.6 is 0 Å². The van der Waals surface area contributed by atoms with E-state index in [9.17, 15) is 10.1 Å². The average molecular weight is 220 g/mol. The molecular formula is C10H12N4O2. The quantitative estimate of drug-likeness (QED) is 0.458. The highest BCUT2D eigenvalue weighted by Crippen LogP contribution is 2.13. The molecule has 6 heteroatoms. The van der Waals surface area contributed by atoms with E-state index in [0.717, 1.165) is 0 Å². The third kappa shape index (κ3) is 2.63. The Morgan fingerprint density at radius 2 is 2.25 bits per heavy atom. The summed E-state index contributed by atoms with van der Waals surface area (Å²) in [6, 6.07) is 5.94. The van der Waals surface area contributed by atoms with Gasteiger partial charge in [-0.15, -0.1) is 0 Å². The number of hydrogen-bond donors (Lipinski definition) is 2. The van der Waals surface area contributed by atoms with Crippen LogP contribution in [0, 0.1) is 15.5 Å². The molecule has 16 heavy (non-hydrogen) atoms. The minimum atomic E-state index is -0.485. The van der Waals surface area contributed by atoms with E-state index in [-0.39, 0.29) is 11.4 Å². The fourth-order valence-electron chi connectivity index (χ4n) is 1.21. The van der Waals surface area contributed by atoms with Crippen LogP contribution < -0.4 is 5.43 Å². The molecule has 0 aromatic heterocycles. The molecular weight excluding hydrogens is 208 g/mol. The SMILES string of the molecule is CN/N=C(/C)C(=N)c1cccc([N+](=O)[O-])c1. The molecule has 0 spiro atoms. The van der Waals surface area contributed by atoms with Crippen molar-refractivity contribution >= 4 is 17.1 Å². The van der Waals surface area contributed by atoms with E-state index >= 15 is 0 Å². The van der Waals surface area contributed by atoms with Crippen molar-refractivity contribution < 1.29 is 4.92 Å². The summed E-state index contributed by atoms with van der Waals surface area (Å²) in [7, 11) is 1.63. The van der Waals surface area contributed by atoms with Crippen molar-refractivity contribution in [2.24, 2.45) is 5.10 Å². The molecule has 6 nitrogen and oxygen atoms in total. The lowest BCUT2D eigenvalue weighted by Gasteiger charge is -2.03. The van der Waals surface area contributed by atoms with E-state index in [1.54, 1.807) is 26.1 Å². The van der Waals surface area contributed by atoms with Crippen LogP contribution in [0.25, 0.3) is 0 Å². The maximum Gasteiger partial charge on any atom is 0.270 e. The van der Waals surface area contributed by atoms with Gasteiger partial charge in [0.05, 0.1) is 16.3 Å². The molecule has 0 bridgehead atoms. The number of non-ortho nitro benzene ring substituents is 1. The smallest absolute Gasteiger partial charge is 0.270 e. The largest absolute Gasteiger partial charge is 0.313 e. The van der Waals surface area contributed by atoms with Gasteiger partial charge in [-0.1, -0.05) is 12.1 Å². The van der Waals surface area contributed by atoms with Crippen molar-refractivity contribution in [2.75, 3.05) is 7.05 Å². The molecule has 0 amide bonds. The van der Waals surface area contributed by atoms with E-state index in [4.69, 9.17) is 5.41 Å². The Morgan fingerprint density at radius 3 is 2.81 bits per heavy atom. The predicted molar refractivity (Wildman–Crippen MR) is 62.1 cm³/mol. The maximum absolute atomic E-state index is 10.6. The summed E-state index contributed by atoms with van der Waals surface area (Å²) >= 11 is 0. The maximum atomic E-state index is 10.6. The molecule has 0 unspecified atom stereocenters. The number of hydrogen-bond acceptors (Lipinski definition) is 5. The number of nitro benzene ring substituents is 1. The molecule has 0 aliphatic rings. The van der Waals surface area contributed by atoms with Crippen LogP contribution in [0.15, 0.2) is 29.4 Å². The highest BCUT2D eigenvalue weighted by atomic mass is 16.6. The number of rotatable bonds is 4. The molecule has 0 aliphatic heterocycles. The minimum absolute atomic E-state index is 0.0282. The Balaban J connectivity index is 3.05. The molecule has 0 heterocycles. The summed E-state index contributed by atoms with van der Waals surface area (Å²) in [5, 5.41) is 22.2. The molecule has 0 saturated carbocycles. The van der Waals surface area contributed by atoms with E-state index in [1.165, 1.54) is 12.1 Å². The monoisotopic (exact) mass is 220 g/mol. The molecule has 1 rings (SSSR count). The number of benzene rings is 1. The second-order valence-electron chi connectivity index (χ2n) is 3.10. The van der Waals surface area contributed by atoms with Gasteiger partial charge >= 0.3 is 0 Å². The van der Waals surface area contributed by atoms with Gasteiger partial charge in [-0.25, -0.2) is 0 Å². The Morgan fingerprint density at radius 1 is 1.56 bits per heavy atom. The Kier molecular flexibility index (Phi) is 3.71. The lowest BCUT2D eigenvalue weighted by atomic mass is 10.1. The summed E-state index contributed by atoms with van der Waals surface area (Å²) < 4.78 is 0. The fraction of sp³-hybridized carbons (Fsp3) is 0.200. The van der Waals surface area contributed by atoms with Gasteiger partial charge in [0.25, 0.3) is 5.69 Å². The van der Waals surface area contributed by atoms with Gasteiger partial charge < -0.3 is 5.43 Å². The van der Waals surface area contributed by atoms with Gasteiger partial charge in [0, 0.05) is 24.7 Å². The lowest BCUT2D eigenvalue weighted by Crippen LogP contribution is -2.14. The number of nitrogens with one attached hydrogen (secondary N) is 2. The Bertz CT molecular complexity index is 454. The van der Waals surface area contributed by atoms with Crippen molar-refractivity contribution in [2.45, 2.75) is 6.92 Å². The van der Waals surface area contributed by atoms with Gasteiger partial charge in [-0.05, 0) is 6.92 Å². The van der Waals surface area contributed by atoms with Crippen LogP contribution in [0.5, 0.6) is 0 Å². The van der Waals surface area contributed by atoms with Crippen LogP contribution in [-0.2, 0) is 0 Å². The summed E-state index contributed by atoms with van der Waals surface area (Å²) in [5.74, 6) is 0. The highest BCUT2D eigenvalue weighted by Gasteiger charge is 2.10. The zero-order valence-corrected chi connectivity index (χ0v) is 9.02.